The van der Waals surface area contributed by atoms with Gasteiger partial charge in [0, 0.05) is 11.1 Å². The summed E-state index contributed by atoms with van der Waals surface area (Å²) in [7, 11) is 1.59. The predicted molar refractivity (Wildman–Crippen MR) is 60.9 cm³/mol. The number of nitrogens with one attached hydrogen (secondary N) is 1. The van der Waals surface area contributed by atoms with Crippen LogP contribution in [0, 0.1) is 0 Å². The molecule has 1 amide bonds. The van der Waals surface area contributed by atoms with Crippen molar-refractivity contribution in [2.75, 3.05) is 12.4 Å². The maximum atomic E-state index is 11.6. The molecule has 1 aromatic carbocycles. The molecule has 82 valence electrons. The second kappa shape index (κ2) is 4.71. The highest BCUT2D eigenvalue weighted by Crippen LogP contribution is 2.15. The van der Waals surface area contributed by atoms with Crippen LogP contribution in [0.1, 0.15) is 10.5 Å². The molecule has 0 fully saturated rings. The lowest BCUT2D eigenvalue weighted by Crippen LogP contribution is -2.12. The molecule has 0 bridgehead atoms. The topological polar surface area (TPSA) is 64.1 Å². The molecule has 0 saturated carbocycles. The van der Waals surface area contributed by atoms with E-state index in [1.54, 1.807) is 36.8 Å². The van der Waals surface area contributed by atoms with Crippen molar-refractivity contribution in [1.29, 1.82) is 0 Å². The Hall–Kier alpha value is -1.95. The van der Waals surface area contributed by atoms with Crippen LogP contribution in [0.15, 0.2) is 29.6 Å². The zero-order chi connectivity index (χ0) is 11.4. The van der Waals surface area contributed by atoms with Crippen LogP contribution in [-0.4, -0.2) is 22.6 Å². The quantitative estimate of drug-likeness (QED) is 0.881. The first-order valence-corrected chi connectivity index (χ1v) is 5.35. The van der Waals surface area contributed by atoms with Gasteiger partial charge in [-0.15, -0.1) is 5.10 Å². The Morgan fingerprint density at radius 3 is 2.69 bits per heavy atom. The molecular weight excluding hydrogens is 226 g/mol. The van der Waals surface area contributed by atoms with E-state index >= 15 is 0 Å². The van der Waals surface area contributed by atoms with E-state index < -0.39 is 0 Å². The van der Waals surface area contributed by atoms with Gasteiger partial charge in [0.2, 0.25) is 0 Å². The molecule has 0 saturated heterocycles. The number of aromatic nitrogens is 2. The number of carbonyl (C=O) groups is 1. The summed E-state index contributed by atoms with van der Waals surface area (Å²) < 4.78 is 8.64. The van der Waals surface area contributed by atoms with Gasteiger partial charge >= 0.3 is 0 Å². The number of anilines is 1. The summed E-state index contributed by atoms with van der Waals surface area (Å²) in [5, 5.41) is 7.98. The third-order valence-corrected chi connectivity index (χ3v) is 2.45. The van der Waals surface area contributed by atoms with E-state index in [1.807, 2.05) is 0 Å². The molecule has 0 aliphatic rings. The minimum absolute atomic E-state index is 0.265. The normalized spacial score (nSPS) is 9.81. The Labute approximate surface area is 96.2 Å². The first-order chi connectivity index (χ1) is 7.79. The Balaban J connectivity index is 2.06. The number of hydrogen-bond acceptors (Lipinski definition) is 5. The molecule has 16 heavy (non-hydrogen) atoms. The number of hydrogen-bond donors (Lipinski definition) is 1. The van der Waals surface area contributed by atoms with Crippen LogP contribution in [0.4, 0.5) is 5.69 Å². The molecule has 0 spiro atoms. The van der Waals surface area contributed by atoms with Crippen LogP contribution in [0.5, 0.6) is 5.75 Å². The van der Waals surface area contributed by atoms with Crippen molar-refractivity contribution in [2.45, 2.75) is 0 Å². The third-order valence-electron chi connectivity index (χ3n) is 1.94. The standard InChI is InChI=1S/C10H9N3O2S/c1-15-8-4-2-7(3-5-8)11-10(14)9-6-16-13-12-9/h2-6H,1H3,(H,11,14). The highest BCUT2D eigenvalue weighted by Gasteiger charge is 2.08. The number of benzene rings is 1. The van der Waals surface area contributed by atoms with E-state index in [0.29, 0.717) is 11.4 Å². The predicted octanol–water partition coefficient (Wildman–Crippen LogP) is 1.80. The minimum atomic E-state index is -0.265. The van der Waals surface area contributed by atoms with Crippen molar-refractivity contribution < 1.29 is 9.53 Å². The van der Waals surface area contributed by atoms with Gasteiger partial charge in [-0.3, -0.25) is 4.79 Å². The number of carbonyl (C=O) groups excluding carboxylic acids is 1. The first-order valence-electron chi connectivity index (χ1n) is 4.52. The SMILES string of the molecule is COc1ccc(NC(=O)c2csnn2)cc1. The third kappa shape index (κ3) is 2.34. The summed E-state index contributed by atoms with van der Waals surface area (Å²) in [5.41, 5.74) is 1.01. The number of nitrogens with zero attached hydrogens (tertiary/aromatic N) is 2. The first kappa shape index (κ1) is 10.6. The largest absolute Gasteiger partial charge is 0.497 e. The zero-order valence-electron chi connectivity index (χ0n) is 8.51. The number of amides is 1. The summed E-state index contributed by atoms with van der Waals surface area (Å²) in [4.78, 5) is 11.6. The highest BCUT2D eigenvalue weighted by molar-refractivity contribution is 7.03. The number of rotatable bonds is 3. The lowest BCUT2D eigenvalue weighted by molar-refractivity contribution is 0.102. The average Bonchev–Trinajstić information content (AvgIpc) is 2.83. The van der Waals surface area contributed by atoms with E-state index in [4.69, 9.17) is 4.74 Å². The van der Waals surface area contributed by atoms with Gasteiger partial charge in [-0.1, -0.05) is 4.49 Å². The molecule has 1 heterocycles. The van der Waals surface area contributed by atoms with Gasteiger partial charge in [-0.25, -0.2) is 0 Å². The average molecular weight is 235 g/mol. The number of ether oxygens (including phenoxy) is 1. The molecule has 2 rings (SSSR count). The van der Waals surface area contributed by atoms with E-state index in [2.05, 4.69) is 14.9 Å². The van der Waals surface area contributed by atoms with Crippen molar-refractivity contribution in [3.8, 4) is 5.75 Å². The van der Waals surface area contributed by atoms with Crippen molar-refractivity contribution in [1.82, 2.24) is 9.59 Å². The van der Waals surface area contributed by atoms with Crippen LogP contribution in [0.25, 0.3) is 0 Å². The molecule has 1 aromatic heterocycles. The van der Waals surface area contributed by atoms with E-state index in [0.717, 1.165) is 17.3 Å². The van der Waals surface area contributed by atoms with Crippen LogP contribution >= 0.6 is 11.5 Å². The molecular formula is C10H9N3O2S. The molecule has 6 heteroatoms. The summed E-state index contributed by atoms with van der Waals surface area (Å²) in [6, 6.07) is 7.07. The fraction of sp³-hybridized carbons (Fsp3) is 0.100. The second-order valence-corrected chi connectivity index (χ2v) is 3.58. The lowest BCUT2D eigenvalue weighted by Gasteiger charge is -2.04. The maximum absolute atomic E-state index is 11.6. The van der Waals surface area contributed by atoms with Gasteiger partial charge in [0.05, 0.1) is 7.11 Å². The Kier molecular flexibility index (Phi) is 3.11. The van der Waals surface area contributed by atoms with Gasteiger partial charge in [0.15, 0.2) is 5.69 Å². The molecule has 0 aliphatic carbocycles. The van der Waals surface area contributed by atoms with E-state index in [9.17, 15) is 4.79 Å². The summed E-state index contributed by atoms with van der Waals surface area (Å²) in [5.74, 6) is 0.479. The van der Waals surface area contributed by atoms with Crippen LogP contribution < -0.4 is 10.1 Å². The van der Waals surface area contributed by atoms with Gasteiger partial charge in [-0.2, -0.15) is 0 Å². The van der Waals surface area contributed by atoms with Crippen LogP contribution in [0.2, 0.25) is 0 Å². The molecule has 0 radical (unpaired) electrons. The minimum Gasteiger partial charge on any atom is -0.497 e. The molecule has 1 N–H and O–H groups in total. The fourth-order valence-corrected chi connectivity index (χ4v) is 1.57. The van der Waals surface area contributed by atoms with Crippen LogP contribution in [-0.2, 0) is 0 Å². The fourth-order valence-electron chi connectivity index (χ4n) is 1.13. The second-order valence-electron chi connectivity index (χ2n) is 2.97. The van der Waals surface area contributed by atoms with Crippen molar-refractivity contribution in [3.05, 3.63) is 35.3 Å². The summed E-state index contributed by atoms with van der Waals surface area (Å²) in [6.07, 6.45) is 0. The highest BCUT2D eigenvalue weighted by atomic mass is 32.1. The molecule has 0 atom stereocenters. The summed E-state index contributed by atoms with van der Waals surface area (Å²) in [6.45, 7) is 0. The Bertz CT molecular complexity index is 467. The van der Waals surface area contributed by atoms with Crippen molar-refractivity contribution >= 4 is 23.1 Å². The number of methoxy groups -OCH3 is 1. The lowest BCUT2D eigenvalue weighted by atomic mass is 10.3. The van der Waals surface area contributed by atoms with Crippen molar-refractivity contribution in [3.63, 3.8) is 0 Å². The van der Waals surface area contributed by atoms with Crippen LogP contribution in [0.3, 0.4) is 0 Å². The van der Waals surface area contributed by atoms with E-state index in [1.165, 1.54) is 0 Å². The van der Waals surface area contributed by atoms with E-state index in [-0.39, 0.29) is 5.91 Å². The maximum Gasteiger partial charge on any atom is 0.277 e. The van der Waals surface area contributed by atoms with Gasteiger partial charge in [0.1, 0.15) is 5.75 Å². The zero-order valence-corrected chi connectivity index (χ0v) is 9.32. The molecule has 5 nitrogen and oxygen atoms in total. The van der Waals surface area contributed by atoms with Gasteiger partial charge in [0.25, 0.3) is 5.91 Å². The smallest absolute Gasteiger partial charge is 0.277 e. The monoisotopic (exact) mass is 235 g/mol. The van der Waals surface area contributed by atoms with Crippen molar-refractivity contribution in [2.24, 2.45) is 0 Å². The Morgan fingerprint density at radius 2 is 2.12 bits per heavy atom. The molecule has 0 unspecified atom stereocenters. The summed E-state index contributed by atoms with van der Waals surface area (Å²) >= 11 is 1.14. The Morgan fingerprint density at radius 1 is 1.38 bits per heavy atom. The molecule has 2 aromatic rings. The molecule has 0 aliphatic heterocycles. The van der Waals surface area contributed by atoms with Gasteiger partial charge in [-0.05, 0) is 35.8 Å². The van der Waals surface area contributed by atoms with Gasteiger partial charge < -0.3 is 10.1 Å².